The lowest BCUT2D eigenvalue weighted by molar-refractivity contribution is 0.478. The molecule has 0 spiro atoms. The van der Waals surface area contributed by atoms with Gasteiger partial charge in [0.25, 0.3) is 5.19 Å². The Hall–Kier alpha value is -1.45. The zero-order valence-corrected chi connectivity index (χ0v) is 14.8. The quantitative estimate of drug-likeness (QED) is 0.691. The fourth-order valence-corrected chi connectivity index (χ4v) is 4.78. The topological polar surface area (TPSA) is 68.3 Å². The lowest BCUT2D eigenvalue weighted by atomic mass is 10.2. The average Bonchev–Trinajstić information content (AvgIpc) is 3.18. The molecule has 0 atom stereocenters. The van der Waals surface area contributed by atoms with Crippen molar-refractivity contribution in [2.24, 2.45) is 0 Å². The van der Waals surface area contributed by atoms with Gasteiger partial charge in [0.15, 0.2) is 0 Å². The zero-order valence-electron chi connectivity index (χ0n) is 11.6. The van der Waals surface area contributed by atoms with Crippen molar-refractivity contribution >= 4 is 44.3 Å². The van der Waals surface area contributed by atoms with Crippen LogP contribution in [0.2, 0.25) is 4.34 Å². The Morgan fingerprint density at radius 3 is 2.57 bits per heavy atom. The van der Waals surface area contributed by atoms with Crippen LogP contribution in [0.1, 0.15) is 5.56 Å². The molecule has 1 aromatic carbocycles. The number of halogens is 1. The largest absolute Gasteiger partial charge is 0.431 e. The highest BCUT2D eigenvalue weighted by molar-refractivity contribution is 7.91. The van der Waals surface area contributed by atoms with E-state index in [4.69, 9.17) is 16.3 Å². The van der Waals surface area contributed by atoms with E-state index in [1.807, 2.05) is 5.38 Å². The van der Waals surface area contributed by atoms with Crippen LogP contribution < -0.4 is 9.46 Å². The van der Waals surface area contributed by atoms with Gasteiger partial charge in [-0.3, -0.25) is 0 Å². The van der Waals surface area contributed by atoms with Crippen LogP contribution in [0.4, 0.5) is 0 Å². The van der Waals surface area contributed by atoms with Crippen molar-refractivity contribution in [1.29, 1.82) is 0 Å². The molecule has 3 aromatic rings. The number of hydrogen-bond acceptors (Lipinski definition) is 6. The molecule has 1 N–H and O–H groups in total. The van der Waals surface area contributed by atoms with Gasteiger partial charge in [0.2, 0.25) is 10.0 Å². The predicted octanol–water partition coefficient (Wildman–Crippen LogP) is 4.13. The number of benzene rings is 1. The fraction of sp³-hybridized carbons (Fsp3) is 0.0714. The summed E-state index contributed by atoms with van der Waals surface area (Å²) in [6.45, 7) is 0.190. The van der Waals surface area contributed by atoms with Crippen LogP contribution in [0, 0.1) is 0 Å². The highest BCUT2D eigenvalue weighted by atomic mass is 35.5. The van der Waals surface area contributed by atoms with Gasteiger partial charge in [-0.25, -0.2) is 18.1 Å². The van der Waals surface area contributed by atoms with E-state index in [1.165, 1.54) is 17.4 Å². The second-order valence-electron chi connectivity index (χ2n) is 4.43. The number of ether oxygens (including phenoxy) is 1. The molecule has 2 heterocycles. The number of sulfonamides is 1. The van der Waals surface area contributed by atoms with Gasteiger partial charge in [-0.05, 0) is 29.8 Å². The summed E-state index contributed by atoms with van der Waals surface area (Å²) in [5, 5.41) is 2.39. The van der Waals surface area contributed by atoms with Gasteiger partial charge in [-0.2, -0.15) is 0 Å². The Morgan fingerprint density at radius 2 is 1.96 bits per heavy atom. The van der Waals surface area contributed by atoms with Crippen molar-refractivity contribution in [3.8, 4) is 10.9 Å². The highest BCUT2D eigenvalue weighted by Gasteiger charge is 2.16. The molecule has 5 nitrogen and oxygen atoms in total. The third-order valence-electron chi connectivity index (χ3n) is 2.82. The van der Waals surface area contributed by atoms with Gasteiger partial charge < -0.3 is 4.74 Å². The molecule has 0 aliphatic carbocycles. The minimum atomic E-state index is -3.54. The van der Waals surface area contributed by atoms with Crippen molar-refractivity contribution in [3.63, 3.8) is 0 Å². The second kappa shape index (κ2) is 6.98. The van der Waals surface area contributed by atoms with Gasteiger partial charge in [-0.15, -0.1) is 11.3 Å². The number of aromatic nitrogens is 1. The number of thiophene rings is 1. The fourth-order valence-electron chi connectivity index (χ4n) is 1.73. The summed E-state index contributed by atoms with van der Waals surface area (Å²) in [4.78, 5) is 4.03. The summed E-state index contributed by atoms with van der Waals surface area (Å²) in [6.07, 6.45) is 1.67. The van der Waals surface area contributed by atoms with Crippen LogP contribution in [0.3, 0.4) is 0 Å². The molecule has 0 saturated carbocycles. The lowest BCUT2D eigenvalue weighted by Crippen LogP contribution is -2.22. The monoisotopic (exact) mass is 386 g/mol. The first-order valence-electron chi connectivity index (χ1n) is 6.44. The number of thiazole rings is 1. The number of hydrogen-bond donors (Lipinski definition) is 1. The molecule has 0 fully saturated rings. The first-order valence-corrected chi connectivity index (χ1v) is 10.00. The first kappa shape index (κ1) is 16.4. The van der Waals surface area contributed by atoms with E-state index >= 15 is 0 Å². The van der Waals surface area contributed by atoms with Crippen LogP contribution in [0.5, 0.6) is 10.9 Å². The molecule has 23 heavy (non-hydrogen) atoms. The maximum atomic E-state index is 12.1. The normalized spacial score (nSPS) is 11.5. The minimum absolute atomic E-state index is 0.190. The number of nitrogens with one attached hydrogen (secondary N) is 1. The zero-order chi connectivity index (χ0) is 16.3. The van der Waals surface area contributed by atoms with E-state index < -0.39 is 10.0 Å². The Morgan fingerprint density at radius 1 is 1.17 bits per heavy atom. The van der Waals surface area contributed by atoms with Gasteiger partial charge >= 0.3 is 0 Å². The molecule has 0 unspecified atom stereocenters. The summed E-state index contributed by atoms with van der Waals surface area (Å²) < 4.78 is 32.9. The van der Waals surface area contributed by atoms with Crippen molar-refractivity contribution in [2.45, 2.75) is 10.8 Å². The molecule has 0 saturated heterocycles. The third kappa shape index (κ3) is 4.30. The average molecular weight is 387 g/mol. The van der Waals surface area contributed by atoms with Crippen LogP contribution in [0.15, 0.2) is 52.2 Å². The summed E-state index contributed by atoms with van der Waals surface area (Å²) in [5.41, 5.74) is 0.822. The summed E-state index contributed by atoms with van der Waals surface area (Å²) in [6, 6.07) is 10.2. The standard InChI is InChI=1S/C14H11ClN2O3S3/c15-12-5-6-13(22-12)23(18,19)17-9-10-1-3-11(4-2-10)20-14-16-7-8-21-14/h1-8,17H,9H2. The van der Waals surface area contributed by atoms with E-state index in [0.717, 1.165) is 16.9 Å². The van der Waals surface area contributed by atoms with Crippen LogP contribution >= 0.6 is 34.3 Å². The highest BCUT2D eigenvalue weighted by Crippen LogP contribution is 2.26. The third-order valence-corrected chi connectivity index (χ3v) is 6.59. The summed E-state index contributed by atoms with van der Waals surface area (Å²) in [5.74, 6) is 0.650. The van der Waals surface area contributed by atoms with Gasteiger partial charge in [-0.1, -0.05) is 35.1 Å². The van der Waals surface area contributed by atoms with Gasteiger partial charge in [0.1, 0.15) is 9.96 Å². The Balaban J connectivity index is 1.62. The van der Waals surface area contributed by atoms with E-state index in [9.17, 15) is 8.42 Å². The molecular formula is C14H11ClN2O3S3. The smallest absolute Gasteiger partial charge is 0.278 e. The Bertz CT molecular complexity index is 874. The molecule has 0 amide bonds. The molecular weight excluding hydrogens is 376 g/mol. The van der Waals surface area contributed by atoms with Gasteiger partial charge in [0, 0.05) is 18.1 Å². The van der Waals surface area contributed by atoms with Crippen LogP contribution in [-0.4, -0.2) is 13.4 Å². The molecule has 0 aliphatic heterocycles. The molecule has 120 valence electrons. The maximum absolute atomic E-state index is 12.1. The van der Waals surface area contributed by atoms with Crippen molar-refractivity contribution in [2.75, 3.05) is 0 Å². The van der Waals surface area contributed by atoms with Crippen LogP contribution in [0.25, 0.3) is 0 Å². The van der Waals surface area contributed by atoms with Crippen molar-refractivity contribution in [3.05, 3.63) is 57.9 Å². The Labute approximate surface area is 146 Å². The van der Waals surface area contributed by atoms with E-state index in [2.05, 4.69) is 9.71 Å². The molecule has 2 aromatic heterocycles. The van der Waals surface area contributed by atoms with E-state index in [-0.39, 0.29) is 10.8 Å². The second-order valence-corrected chi connectivity index (χ2v) is 8.99. The van der Waals surface area contributed by atoms with Crippen molar-refractivity contribution in [1.82, 2.24) is 9.71 Å². The van der Waals surface area contributed by atoms with E-state index in [0.29, 0.717) is 15.3 Å². The number of nitrogens with zero attached hydrogens (tertiary/aromatic N) is 1. The summed E-state index contributed by atoms with van der Waals surface area (Å²) in [7, 11) is -3.54. The first-order chi connectivity index (χ1) is 11.0. The molecule has 3 rings (SSSR count). The maximum Gasteiger partial charge on any atom is 0.278 e. The van der Waals surface area contributed by atoms with E-state index in [1.54, 1.807) is 36.5 Å². The SMILES string of the molecule is O=S(=O)(NCc1ccc(Oc2nccs2)cc1)c1ccc(Cl)s1. The van der Waals surface area contributed by atoms with Crippen molar-refractivity contribution < 1.29 is 13.2 Å². The lowest BCUT2D eigenvalue weighted by Gasteiger charge is -2.06. The molecule has 0 aliphatic rings. The minimum Gasteiger partial charge on any atom is -0.431 e. The Kier molecular flexibility index (Phi) is 4.98. The van der Waals surface area contributed by atoms with Gasteiger partial charge in [0.05, 0.1) is 4.34 Å². The molecule has 0 bridgehead atoms. The predicted molar refractivity (Wildman–Crippen MR) is 92.0 cm³/mol. The molecule has 0 radical (unpaired) electrons. The molecule has 9 heteroatoms. The van der Waals surface area contributed by atoms with Crippen LogP contribution in [-0.2, 0) is 16.6 Å². The summed E-state index contributed by atoms with van der Waals surface area (Å²) >= 11 is 8.19. The number of rotatable bonds is 6.